The number of hydrogen-bond donors (Lipinski definition) is 1. The molecule has 0 radical (unpaired) electrons. The van der Waals surface area contributed by atoms with Gasteiger partial charge in [-0.1, -0.05) is 54.6 Å². The number of anilines is 1. The SMILES string of the molecule is C/C=C/COc1ccccc1N/N=C\c1ccccc1. The summed E-state index contributed by atoms with van der Waals surface area (Å²) >= 11 is 0. The molecule has 0 atom stereocenters. The molecule has 0 saturated carbocycles. The molecule has 2 aromatic rings. The summed E-state index contributed by atoms with van der Waals surface area (Å²) in [7, 11) is 0. The molecule has 0 fully saturated rings. The molecule has 0 amide bonds. The van der Waals surface area contributed by atoms with E-state index in [1.54, 1.807) is 6.21 Å². The van der Waals surface area contributed by atoms with Crippen LogP contribution in [0.2, 0.25) is 0 Å². The quantitative estimate of drug-likeness (QED) is 0.485. The molecule has 0 heterocycles. The summed E-state index contributed by atoms with van der Waals surface area (Å²) in [6, 6.07) is 17.7. The van der Waals surface area contributed by atoms with Crippen LogP contribution in [0.25, 0.3) is 0 Å². The molecule has 20 heavy (non-hydrogen) atoms. The third kappa shape index (κ3) is 4.28. The van der Waals surface area contributed by atoms with Crippen LogP contribution in [0.5, 0.6) is 5.75 Å². The van der Waals surface area contributed by atoms with E-state index < -0.39 is 0 Å². The van der Waals surface area contributed by atoms with Gasteiger partial charge in [0.1, 0.15) is 12.4 Å². The largest absolute Gasteiger partial charge is 0.487 e. The average molecular weight is 266 g/mol. The van der Waals surface area contributed by atoms with Gasteiger partial charge in [0.15, 0.2) is 0 Å². The van der Waals surface area contributed by atoms with E-state index in [2.05, 4.69) is 10.5 Å². The van der Waals surface area contributed by atoms with Crippen molar-refractivity contribution in [1.29, 1.82) is 0 Å². The fourth-order valence-electron chi connectivity index (χ4n) is 1.63. The van der Waals surface area contributed by atoms with Crippen LogP contribution in [0, 0.1) is 0 Å². The van der Waals surface area contributed by atoms with Gasteiger partial charge in [-0.2, -0.15) is 5.10 Å². The Morgan fingerprint density at radius 3 is 2.60 bits per heavy atom. The highest BCUT2D eigenvalue weighted by atomic mass is 16.5. The molecular weight excluding hydrogens is 248 g/mol. The second kappa shape index (κ2) is 7.79. The van der Waals surface area contributed by atoms with Crippen molar-refractivity contribution in [2.45, 2.75) is 6.92 Å². The Bertz CT molecular complexity index is 577. The maximum absolute atomic E-state index is 5.66. The number of nitrogens with one attached hydrogen (secondary N) is 1. The summed E-state index contributed by atoms with van der Waals surface area (Å²) in [6.07, 6.45) is 5.70. The lowest BCUT2D eigenvalue weighted by atomic mass is 10.2. The van der Waals surface area contributed by atoms with Gasteiger partial charge in [-0.25, -0.2) is 0 Å². The zero-order chi connectivity index (χ0) is 14.0. The highest BCUT2D eigenvalue weighted by Crippen LogP contribution is 2.23. The third-order valence-electron chi connectivity index (χ3n) is 2.66. The van der Waals surface area contributed by atoms with Crippen molar-refractivity contribution in [2.75, 3.05) is 12.0 Å². The van der Waals surface area contributed by atoms with Gasteiger partial charge in [0.2, 0.25) is 0 Å². The average Bonchev–Trinajstić information content (AvgIpc) is 2.50. The number of hydrazone groups is 1. The van der Waals surface area contributed by atoms with Crippen molar-refractivity contribution in [3.63, 3.8) is 0 Å². The van der Waals surface area contributed by atoms with Crippen LogP contribution in [-0.4, -0.2) is 12.8 Å². The molecule has 2 rings (SSSR count). The van der Waals surface area contributed by atoms with Gasteiger partial charge >= 0.3 is 0 Å². The lowest BCUT2D eigenvalue weighted by Gasteiger charge is -2.08. The first kappa shape index (κ1) is 13.9. The highest BCUT2D eigenvalue weighted by Gasteiger charge is 1.99. The number of ether oxygens (including phenoxy) is 1. The molecule has 0 saturated heterocycles. The van der Waals surface area contributed by atoms with Gasteiger partial charge in [0.05, 0.1) is 11.9 Å². The van der Waals surface area contributed by atoms with Crippen LogP contribution in [0.4, 0.5) is 5.69 Å². The maximum Gasteiger partial charge on any atom is 0.144 e. The normalized spacial score (nSPS) is 11.1. The molecule has 0 aliphatic heterocycles. The first-order chi connectivity index (χ1) is 9.90. The first-order valence-electron chi connectivity index (χ1n) is 6.57. The zero-order valence-electron chi connectivity index (χ0n) is 11.5. The van der Waals surface area contributed by atoms with E-state index in [9.17, 15) is 0 Å². The van der Waals surface area contributed by atoms with Crippen molar-refractivity contribution in [2.24, 2.45) is 5.10 Å². The lowest BCUT2D eigenvalue weighted by molar-refractivity contribution is 0.364. The molecular formula is C17H18N2O. The molecule has 102 valence electrons. The fourth-order valence-corrected chi connectivity index (χ4v) is 1.63. The van der Waals surface area contributed by atoms with Crippen molar-refractivity contribution in [1.82, 2.24) is 0 Å². The Morgan fingerprint density at radius 2 is 1.80 bits per heavy atom. The van der Waals surface area contributed by atoms with E-state index in [4.69, 9.17) is 4.74 Å². The molecule has 0 spiro atoms. The van der Waals surface area contributed by atoms with Gasteiger partial charge < -0.3 is 4.74 Å². The lowest BCUT2D eigenvalue weighted by Crippen LogP contribution is -1.98. The minimum absolute atomic E-state index is 0.553. The van der Waals surface area contributed by atoms with Crippen LogP contribution < -0.4 is 10.2 Å². The monoisotopic (exact) mass is 266 g/mol. The van der Waals surface area contributed by atoms with Crippen molar-refractivity contribution in [3.05, 3.63) is 72.3 Å². The molecule has 3 heteroatoms. The van der Waals surface area contributed by atoms with Gasteiger partial charge in [-0.3, -0.25) is 5.43 Å². The molecule has 0 aliphatic rings. The van der Waals surface area contributed by atoms with Crippen LogP contribution in [0.1, 0.15) is 12.5 Å². The van der Waals surface area contributed by atoms with E-state index in [0.29, 0.717) is 6.61 Å². The summed E-state index contributed by atoms with van der Waals surface area (Å²) in [5.41, 5.74) is 4.91. The number of nitrogens with zero attached hydrogens (tertiary/aromatic N) is 1. The first-order valence-corrected chi connectivity index (χ1v) is 6.57. The second-order valence-electron chi connectivity index (χ2n) is 4.16. The molecule has 0 unspecified atom stereocenters. The molecule has 2 aromatic carbocycles. The van der Waals surface area contributed by atoms with E-state index in [-0.39, 0.29) is 0 Å². The van der Waals surface area contributed by atoms with E-state index in [1.165, 1.54) is 0 Å². The fraction of sp³-hybridized carbons (Fsp3) is 0.118. The summed E-state index contributed by atoms with van der Waals surface area (Å²) < 4.78 is 5.66. The number of benzene rings is 2. The molecule has 0 bridgehead atoms. The van der Waals surface area contributed by atoms with Gasteiger partial charge in [-0.05, 0) is 24.6 Å². The zero-order valence-corrected chi connectivity index (χ0v) is 11.5. The van der Waals surface area contributed by atoms with Gasteiger partial charge in [-0.15, -0.1) is 0 Å². The Hall–Kier alpha value is -2.55. The van der Waals surface area contributed by atoms with Crippen LogP contribution in [-0.2, 0) is 0 Å². The summed E-state index contributed by atoms with van der Waals surface area (Å²) in [4.78, 5) is 0. The predicted octanol–water partition coefficient (Wildman–Crippen LogP) is 4.09. The van der Waals surface area contributed by atoms with E-state index in [0.717, 1.165) is 17.0 Å². The van der Waals surface area contributed by atoms with Gasteiger partial charge in [0, 0.05) is 0 Å². The maximum atomic E-state index is 5.66. The highest BCUT2D eigenvalue weighted by molar-refractivity contribution is 5.80. The van der Waals surface area contributed by atoms with Crippen molar-refractivity contribution < 1.29 is 4.74 Å². The topological polar surface area (TPSA) is 33.6 Å². The Kier molecular flexibility index (Phi) is 5.40. The van der Waals surface area contributed by atoms with E-state index in [1.807, 2.05) is 73.7 Å². The van der Waals surface area contributed by atoms with Crippen LogP contribution in [0.3, 0.4) is 0 Å². The number of rotatable bonds is 6. The Labute approximate surface area is 119 Å². The summed E-state index contributed by atoms with van der Waals surface area (Å²) in [5.74, 6) is 0.788. The van der Waals surface area contributed by atoms with Crippen molar-refractivity contribution >= 4 is 11.9 Å². The number of allylic oxidation sites excluding steroid dienone is 1. The molecule has 1 N–H and O–H groups in total. The standard InChI is InChI=1S/C17H18N2O/c1-2-3-13-20-17-12-8-7-11-16(17)19-18-14-15-9-5-4-6-10-15/h2-12,14,19H,13H2,1H3/b3-2+,18-14-. The minimum Gasteiger partial charge on any atom is -0.487 e. The van der Waals surface area contributed by atoms with Gasteiger partial charge in [0.25, 0.3) is 0 Å². The second-order valence-corrected chi connectivity index (χ2v) is 4.16. The molecule has 0 aromatic heterocycles. The molecule has 0 aliphatic carbocycles. The predicted molar refractivity (Wildman–Crippen MR) is 84.4 cm³/mol. The summed E-state index contributed by atoms with van der Waals surface area (Å²) in [6.45, 7) is 2.52. The number of para-hydroxylation sites is 2. The smallest absolute Gasteiger partial charge is 0.144 e. The third-order valence-corrected chi connectivity index (χ3v) is 2.66. The Morgan fingerprint density at radius 1 is 1.05 bits per heavy atom. The van der Waals surface area contributed by atoms with Crippen LogP contribution in [0.15, 0.2) is 71.9 Å². The minimum atomic E-state index is 0.553. The molecule has 3 nitrogen and oxygen atoms in total. The van der Waals surface area contributed by atoms with Crippen LogP contribution >= 0.6 is 0 Å². The number of hydrogen-bond acceptors (Lipinski definition) is 3. The summed E-state index contributed by atoms with van der Waals surface area (Å²) in [5, 5.41) is 4.23. The Balaban J connectivity index is 2.00. The van der Waals surface area contributed by atoms with E-state index >= 15 is 0 Å². The van der Waals surface area contributed by atoms with Crippen molar-refractivity contribution in [3.8, 4) is 5.75 Å².